The average Bonchev–Trinajstić information content (AvgIpc) is 3.01. The first-order valence-corrected chi connectivity index (χ1v) is 8.92. The zero-order valence-corrected chi connectivity index (χ0v) is 15.7. The lowest BCUT2D eigenvalue weighted by Crippen LogP contribution is -2.58. The number of hydrogen-bond donors (Lipinski definition) is 0. The third-order valence-electron chi connectivity index (χ3n) is 5.57. The maximum Gasteiger partial charge on any atom is 0.336 e. The third-order valence-corrected chi connectivity index (χ3v) is 5.57. The quantitative estimate of drug-likeness (QED) is 0.763. The molecule has 2 aliphatic rings. The molecule has 1 aromatic rings. The Kier molecular flexibility index (Phi) is 4.69. The number of rotatable bonds is 5. The van der Waals surface area contributed by atoms with E-state index in [-0.39, 0.29) is 18.7 Å². The Morgan fingerprint density at radius 2 is 1.84 bits per heavy atom. The average molecular weight is 348 g/mol. The fraction of sp³-hybridized carbons (Fsp3) is 0.650. The van der Waals surface area contributed by atoms with Crippen LogP contribution in [0.1, 0.15) is 46.6 Å². The van der Waals surface area contributed by atoms with Crippen molar-refractivity contribution >= 4 is 5.97 Å². The molecule has 0 radical (unpaired) electrons. The SMILES string of the molecule is CC[C@H]1OC(C)(C)O[C@]1(C)[C@]1(C)COC(=O)[C@@H]1OCc1ccccc1. The first-order valence-electron chi connectivity index (χ1n) is 8.92. The topological polar surface area (TPSA) is 54.0 Å². The van der Waals surface area contributed by atoms with Gasteiger partial charge < -0.3 is 18.9 Å². The second kappa shape index (κ2) is 6.38. The molecule has 5 heteroatoms. The Bertz CT molecular complexity index is 628. The van der Waals surface area contributed by atoms with Gasteiger partial charge in [0.2, 0.25) is 0 Å². The minimum absolute atomic E-state index is 0.134. The molecule has 2 saturated heterocycles. The molecule has 0 saturated carbocycles. The monoisotopic (exact) mass is 348 g/mol. The summed E-state index contributed by atoms with van der Waals surface area (Å²) in [5.74, 6) is -1.03. The lowest BCUT2D eigenvalue weighted by atomic mass is 9.68. The largest absolute Gasteiger partial charge is 0.463 e. The standard InChI is InChI=1S/C20H28O5/c1-6-15-20(5,25-18(2,3)24-15)19(4)13-23-17(21)16(19)22-12-14-10-8-7-9-11-14/h7-11,15-16H,6,12-13H2,1-5H3/t15-,16+,19-,20+/m1/s1. The van der Waals surface area contributed by atoms with Gasteiger partial charge >= 0.3 is 5.97 Å². The van der Waals surface area contributed by atoms with E-state index in [0.717, 1.165) is 12.0 Å². The van der Waals surface area contributed by atoms with Crippen LogP contribution < -0.4 is 0 Å². The predicted octanol–water partition coefficient (Wildman–Crippen LogP) is 3.46. The first-order chi connectivity index (χ1) is 11.7. The molecule has 0 unspecified atom stereocenters. The molecule has 2 heterocycles. The maximum atomic E-state index is 12.4. The smallest absolute Gasteiger partial charge is 0.336 e. The Morgan fingerprint density at radius 3 is 2.48 bits per heavy atom. The molecule has 0 bridgehead atoms. The highest BCUT2D eigenvalue weighted by atomic mass is 16.8. The van der Waals surface area contributed by atoms with Crippen LogP contribution in [0.5, 0.6) is 0 Å². The van der Waals surface area contributed by atoms with E-state index in [4.69, 9.17) is 18.9 Å². The van der Waals surface area contributed by atoms with E-state index < -0.39 is 22.9 Å². The van der Waals surface area contributed by atoms with Crippen LogP contribution in [0.25, 0.3) is 0 Å². The van der Waals surface area contributed by atoms with Crippen LogP contribution in [0.2, 0.25) is 0 Å². The second-order valence-corrected chi connectivity index (χ2v) is 7.83. The van der Waals surface area contributed by atoms with Gasteiger partial charge in [0, 0.05) is 0 Å². The second-order valence-electron chi connectivity index (χ2n) is 7.83. The Labute approximate surface area is 149 Å². The lowest BCUT2D eigenvalue weighted by molar-refractivity contribution is -0.200. The Hall–Kier alpha value is -1.43. The summed E-state index contributed by atoms with van der Waals surface area (Å²) in [5.41, 5.74) is -0.294. The summed E-state index contributed by atoms with van der Waals surface area (Å²) in [7, 11) is 0. The van der Waals surface area contributed by atoms with E-state index in [1.807, 2.05) is 58.0 Å². The van der Waals surface area contributed by atoms with E-state index in [1.165, 1.54) is 0 Å². The summed E-state index contributed by atoms with van der Waals surface area (Å²) >= 11 is 0. The molecule has 0 aromatic heterocycles. The van der Waals surface area contributed by atoms with Crippen LogP contribution >= 0.6 is 0 Å². The molecular formula is C20H28O5. The highest BCUT2D eigenvalue weighted by Crippen LogP contribution is 2.53. The fourth-order valence-corrected chi connectivity index (χ4v) is 4.05. The summed E-state index contributed by atoms with van der Waals surface area (Å²) < 4.78 is 23.9. The number of hydrogen-bond acceptors (Lipinski definition) is 5. The van der Waals surface area contributed by atoms with Gasteiger partial charge in [0.15, 0.2) is 11.9 Å². The number of cyclic esters (lactones) is 1. The molecular weight excluding hydrogens is 320 g/mol. The fourth-order valence-electron chi connectivity index (χ4n) is 4.05. The molecule has 5 nitrogen and oxygen atoms in total. The summed E-state index contributed by atoms with van der Waals surface area (Å²) in [4.78, 5) is 12.4. The van der Waals surface area contributed by atoms with Crippen molar-refractivity contribution in [2.24, 2.45) is 5.41 Å². The van der Waals surface area contributed by atoms with Gasteiger partial charge in [-0.15, -0.1) is 0 Å². The van der Waals surface area contributed by atoms with Gasteiger partial charge in [-0.05, 0) is 32.8 Å². The lowest BCUT2D eigenvalue weighted by Gasteiger charge is -2.44. The number of ether oxygens (including phenoxy) is 4. The van der Waals surface area contributed by atoms with Crippen LogP contribution in [0, 0.1) is 5.41 Å². The van der Waals surface area contributed by atoms with Crippen LogP contribution in [0.4, 0.5) is 0 Å². The zero-order valence-electron chi connectivity index (χ0n) is 15.7. The van der Waals surface area contributed by atoms with E-state index in [2.05, 4.69) is 6.92 Å². The van der Waals surface area contributed by atoms with Crippen molar-refractivity contribution in [3.63, 3.8) is 0 Å². The molecule has 0 aliphatic carbocycles. The van der Waals surface area contributed by atoms with Crippen molar-refractivity contribution in [2.45, 2.75) is 71.2 Å². The minimum atomic E-state index is -0.700. The normalized spacial score (nSPS) is 37.2. The van der Waals surface area contributed by atoms with E-state index >= 15 is 0 Å². The summed E-state index contributed by atoms with van der Waals surface area (Å²) in [6, 6.07) is 9.82. The highest BCUT2D eigenvalue weighted by molar-refractivity contribution is 5.78. The highest BCUT2D eigenvalue weighted by Gasteiger charge is 2.66. The van der Waals surface area contributed by atoms with Crippen molar-refractivity contribution < 1.29 is 23.7 Å². The van der Waals surface area contributed by atoms with Gasteiger partial charge in [-0.25, -0.2) is 4.79 Å². The molecule has 1 aromatic carbocycles. The van der Waals surface area contributed by atoms with Gasteiger partial charge in [0.05, 0.1) is 18.1 Å². The first kappa shape index (κ1) is 18.4. The van der Waals surface area contributed by atoms with Gasteiger partial charge in [0.25, 0.3) is 0 Å². The van der Waals surface area contributed by atoms with Crippen LogP contribution in [-0.4, -0.2) is 36.2 Å². The van der Waals surface area contributed by atoms with Crippen LogP contribution in [0.15, 0.2) is 30.3 Å². The molecule has 0 amide bonds. The van der Waals surface area contributed by atoms with Crippen molar-refractivity contribution in [1.29, 1.82) is 0 Å². The number of benzene rings is 1. The predicted molar refractivity (Wildman–Crippen MR) is 92.8 cm³/mol. The summed E-state index contributed by atoms with van der Waals surface area (Å²) in [5, 5.41) is 0. The van der Waals surface area contributed by atoms with Crippen molar-refractivity contribution in [3.8, 4) is 0 Å². The molecule has 2 fully saturated rings. The van der Waals surface area contributed by atoms with E-state index in [9.17, 15) is 4.79 Å². The molecule has 138 valence electrons. The van der Waals surface area contributed by atoms with Crippen molar-refractivity contribution in [1.82, 2.24) is 0 Å². The van der Waals surface area contributed by atoms with E-state index in [0.29, 0.717) is 6.61 Å². The number of carbonyl (C=O) groups excluding carboxylic acids is 1. The van der Waals surface area contributed by atoms with Gasteiger partial charge in [-0.2, -0.15) is 0 Å². The number of esters is 1. The third kappa shape index (κ3) is 3.09. The van der Waals surface area contributed by atoms with Crippen molar-refractivity contribution in [3.05, 3.63) is 35.9 Å². The minimum Gasteiger partial charge on any atom is -0.463 e. The molecule has 0 N–H and O–H groups in total. The summed E-state index contributed by atoms with van der Waals surface area (Å²) in [6.07, 6.45) is -0.0381. The molecule has 3 rings (SSSR count). The van der Waals surface area contributed by atoms with Crippen LogP contribution in [0.3, 0.4) is 0 Å². The molecule has 4 atom stereocenters. The molecule has 2 aliphatic heterocycles. The van der Waals surface area contributed by atoms with Gasteiger partial charge in [0.1, 0.15) is 12.2 Å². The van der Waals surface area contributed by atoms with Gasteiger partial charge in [-0.1, -0.05) is 44.2 Å². The van der Waals surface area contributed by atoms with Crippen molar-refractivity contribution in [2.75, 3.05) is 6.61 Å². The zero-order chi connectivity index (χ0) is 18.3. The number of carbonyl (C=O) groups is 1. The van der Waals surface area contributed by atoms with Crippen LogP contribution in [-0.2, 0) is 30.3 Å². The Morgan fingerprint density at radius 1 is 1.16 bits per heavy atom. The van der Waals surface area contributed by atoms with Gasteiger partial charge in [-0.3, -0.25) is 0 Å². The molecule has 25 heavy (non-hydrogen) atoms. The summed E-state index contributed by atoms with van der Waals surface area (Å²) in [6.45, 7) is 10.5. The van der Waals surface area contributed by atoms with E-state index in [1.54, 1.807) is 0 Å². The molecule has 0 spiro atoms. The maximum absolute atomic E-state index is 12.4. The Balaban J connectivity index is 1.86.